The van der Waals surface area contributed by atoms with Gasteiger partial charge in [0, 0.05) is 38.9 Å². The number of amides is 1. The Bertz CT molecular complexity index is 1610. The average Bonchev–Trinajstić information content (AvgIpc) is 3.18. The molecule has 164 valence electrons. The first kappa shape index (κ1) is 21.2. The molecule has 0 saturated carbocycles. The SMILES string of the molecule is COc1cc(C(=O)Nc2ccc(Cl)c(-c3nc4c(oc5ccc(Br)cc54)c(=O)[nH]3)c2)ccn1. The summed E-state index contributed by atoms with van der Waals surface area (Å²) in [7, 11) is 1.47. The van der Waals surface area contributed by atoms with Crippen molar-refractivity contribution in [3.8, 4) is 17.3 Å². The van der Waals surface area contributed by atoms with E-state index >= 15 is 0 Å². The van der Waals surface area contributed by atoms with Crippen molar-refractivity contribution in [1.29, 1.82) is 0 Å². The van der Waals surface area contributed by atoms with Gasteiger partial charge in [0.15, 0.2) is 0 Å². The van der Waals surface area contributed by atoms with Crippen LogP contribution < -0.4 is 15.6 Å². The van der Waals surface area contributed by atoms with Gasteiger partial charge in [0.05, 0.1) is 12.1 Å². The number of methoxy groups -OCH3 is 1. The van der Waals surface area contributed by atoms with Crippen molar-refractivity contribution < 1.29 is 13.9 Å². The molecule has 5 aromatic rings. The smallest absolute Gasteiger partial charge is 0.294 e. The van der Waals surface area contributed by atoms with E-state index in [2.05, 4.69) is 36.2 Å². The fraction of sp³-hybridized carbons (Fsp3) is 0.0435. The quantitative estimate of drug-likeness (QED) is 0.325. The van der Waals surface area contributed by atoms with Crippen LogP contribution in [0.3, 0.4) is 0 Å². The van der Waals surface area contributed by atoms with Crippen molar-refractivity contribution in [1.82, 2.24) is 15.0 Å². The molecular formula is C23H14BrClN4O4. The molecule has 10 heteroatoms. The highest BCUT2D eigenvalue weighted by Crippen LogP contribution is 2.32. The van der Waals surface area contributed by atoms with Gasteiger partial charge in [0.2, 0.25) is 11.5 Å². The molecule has 33 heavy (non-hydrogen) atoms. The standard InChI is InChI=1S/C23H14BrClN4O4/c1-32-18-8-11(6-7-26-18)22(30)27-13-3-4-16(25)14(10-13)21-28-19-15-9-12(24)2-5-17(15)33-20(19)23(31)29-21/h2-10H,1H3,(H,27,30)(H,28,29,31). The second-order valence-corrected chi connectivity index (χ2v) is 8.39. The van der Waals surface area contributed by atoms with Gasteiger partial charge in [0.1, 0.15) is 16.9 Å². The monoisotopic (exact) mass is 524 g/mol. The number of benzene rings is 2. The van der Waals surface area contributed by atoms with Crippen LogP contribution in [0.25, 0.3) is 33.5 Å². The number of carbonyl (C=O) groups excluding carboxylic acids is 1. The van der Waals surface area contributed by atoms with Crippen molar-refractivity contribution in [2.24, 2.45) is 0 Å². The third-order valence-corrected chi connectivity index (χ3v) is 5.79. The number of carbonyl (C=O) groups is 1. The van der Waals surface area contributed by atoms with Crippen LogP contribution in [-0.4, -0.2) is 28.0 Å². The van der Waals surface area contributed by atoms with Gasteiger partial charge in [-0.2, -0.15) is 0 Å². The van der Waals surface area contributed by atoms with Crippen LogP contribution in [0.4, 0.5) is 5.69 Å². The Morgan fingerprint density at radius 2 is 2.03 bits per heavy atom. The van der Waals surface area contributed by atoms with Gasteiger partial charge in [0.25, 0.3) is 11.5 Å². The Hall–Kier alpha value is -3.69. The molecule has 0 spiro atoms. The summed E-state index contributed by atoms with van der Waals surface area (Å²) in [5.41, 5.74) is 1.95. The Morgan fingerprint density at radius 3 is 2.85 bits per heavy atom. The maximum absolute atomic E-state index is 12.7. The minimum absolute atomic E-state index is 0.124. The lowest BCUT2D eigenvalue weighted by atomic mass is 10.1. The molecule has 0 fully saturated rings. The van der Waals surface area contributed by atoms with Crippen molar-refractivity contribution in [2.45, 2.75) is 0 Å². The number of anilines is 1. The van der Waals surface area contributed by atoms with Gasteiger partial charge in [-0.15, -0.1) is 0 Å². The number of nitrogens with one attached hydrogen (secondary N) is 2. The number of aromatic nitrogens is 3. The summed E-state index contributed by atoms with van der Waals surface area (Å²) in [4.78, 5) is 36.7. The summed E-state index contributed by atoms with van der Waals surface area (Å²) in [6.07, 6.45) is 1.48. The summed E-state index contributed by atoms with van der Waals surface area (Å²) in [6, 6.07) is 13.4. The Kier molecular flexibility index (Phi) is 5.35. The number of aromatic amines is 1. The Morgan fingerprint density at radius 1 is 1.18 bits per heavy atom. The first-order chi connectivity index (χ1) is 15.9. The number of nitrogens with zero attached hydrogens (tertiary/aromatic N) is 2. The molecule has 0 saturated heterocycles. The number of hydrogen-bond donors (Lipinski definition) is 2. The maximum Gasteiger partial charge on any atom is 0.294 e. The van der Waals surface area contributed by atoms with Gasteiger partial charge >= 0.3 is 0 Å². The second kappa shape index (κ2) is 8.34. The minimum atomic E-state index is -0.434. The summed E-state index contributed by atoms with van der Waals surface area (Å²) in [6.45, 7) is 0. The van der Waals surface area contributed by atoms with Crippen LogP contribution >= 0.6 is 27.5 Å². The zero-order valence-corrected chi connectivity index (χ0v) is 19.3. The number of H-pyrrole nitrogens is 1. The van der Waals surface area contributed by atoms with Gasteiger partial charge in [-0.1, -0.05) is 27.5 Å². The molecule has 0 unspecified atom stereocenters. The molecule has 1 amide bonds. The fourth-order valence-electron chi connectivity index (χ4n) is 3.40. The van der Waals surface area contributed by atoms with Gasteiger partial charge in [-0.3, -0.25) is 9.59 Å². The zero-order chi connectivity index (χ0) is 23.1. The number of rotatable bonds is 4. The van der Waals surface area contributed by atoms with E-state index < -0.39 is 5.56 Å². The molecule has 8 nitrogen and oxygen atoms in total. The van der Waals surface area contributed by atoms with Crippen molar-refractivity contribution in [2.75, 3.05) is 12.4 Å². The first-order valence-electron chi connectivity index (χ1n) is 9.66. The predicted octanol–water partition coefficient (Wildman–Crippen LogP) is 5.41. The molecule has 0 atom stereocenters. The van der Waals surface area contributed by atoms with Crippen LogP contribution in [0, 0.1) is 0 Å². The first-order valence-corrected chi connectivity index (χ1v) is 10.8. The van der Waals surface area contributed by atoms with E-state index in [1.807, 2.05) is 12.1 Å². The molecular weight excluding hydrogens is 512 g/mol. The highest BCUT2D eigenvalue weighted by molar-refractivity contribution is 9.10. The number of furan rings is 1. The molecule has 2 aromatic carbocycles. The third-order valence-electron chi connectivity index (χ3n) is 4.97. The van der Waals surface area contributed by atoms with E-state index in [1.165, 1.54) is 19.4 Å². The summed E-state index contributed by atoms with van der Waals surface area (Å²) < 4.78 is 11.6. The summed E-state index contributed by atoms with van der Waals surface area (Å²) in [5.74, 6) is 0.224. The van der Waals surface area contributed by atoms with Crippen LogP contribution in [0.5, 0.6) is 5.88 Å². The molecule has 0 radical (unpaired) electrons. The molecule has 0 bridgehead atoms. The van der Waals surface area contributed by atoms with Crippen LogP contribution in [0.1, 0.15) is 10.4 Å². The Balaban J connectivity index is 1.56. The van der Waals surface area contributed by atoms with Gasteiger partial charge in [-0.05, 0) is 42.5 Å². The Labute approximate surface area is 199 Å². The van der Waals surface area contributed by atoms with Crippen LogP contribution in [-0.2, 0) is 0 Å². The number of halogens is 2. The van der Waals surface area contributed by atoms with E-state index in [0.717, 1.165) is 4.47 Å². The largest absolute Gasteiger partial charge is 0.481 e. The van der Waals surface area contributed by atoms with E-state index in [1.54, 1.807) is 30.3 Å². The number of hydrogen-bond acceptors (Lipinski definition) is 6. The normalized spacial score (nSPS) is 11.1. The minimum Gasteiger partial charge on any atom is -0.481 e. The molecule has 0 aliphatic carbocycles. The van der Waals surface area contributed by atoms with E-state index in [-0.39, 0.29) is 17.3 Å². The van der Waals surface area contributed by atoms with Gasteiger partial charge < -0.3 is 19.5 Å². The number of fused-ring (bicyclic) bond motifs is 3. The third kappa shape index (κ3) is 3.96. The second-order valence-electron chi connectivity index (χ2n) is 7.07. The highest BCUT2D eigenvalue weighted by atomic mass is 79.9. The van der Waals surface area contributed by atoms with Crippen LogP contribution in [0.15, 0.2) is 68.4 Å². The fourth-order valence-corrected chi connectivity index (χ4v) is 3.97. The molecule has 5 rings (SSSR count). The van der Waals surface area contributed by atoms with Crippen molar-refractivity contribution in [3.63, 3.8) is 0 Å². The zero-order valence-electron chi connectivity index (χ0n) is 17.0. The van der Waals surface area contributed by atoms with Crippen molar-refractivity contribution >= 4 is 61.2 Å². The lowest BCUT2D eigenvalue weighted by Gasteiger charge is -2.09. The average molecular weight is 526 g/mol. The molecule has 2 N–H and O–H groups in total. The molecule has 3 heterocycles. The topological polar surface area (TPSA) is 110 Å². The maximum atomic E-state index is 12.7. The van der Waals surface area contributed by atoms with E-state index in [9.17, 15) is 9.59 Å². The summed E-state index contributed by atoms with van der Waals surface area (Å²) >= 11 is 9.84. The lowest BCUT2D eigenvalue weighted by Crippen LogP contribution is -2.12. The van der Waals surface area contributed by atoms with E-state index in [0.29, 0.717) is 44.2 Å². The highest BCUT2D eigenvalue weighted by Gasteiger charge is 2.17. The lowest BCUT2D eigenvalue weighted by molar-refractivity contribution is 0.102. The summed E-state index contributed by atoms with van der Waals surface area (Å²) in [5, 5.41) is 3.86. The van der Waals surface area contributed by atoms with Crippen LogP contribution in [0.2, 0.25) is 5.02 Å². The van der Waals surface area contributed by atoms with Crippen molar-refractivity contribution in [3.05, 3.63) is 80.1 Å². The number of ether oxygens (including phenoxy) is 1. The molecule has 0 aliphatic heterocycles. The van der Waals surface area contributed by atoms with E-state index in [4.69, 9.17) is 20.8 Å². The molecule has 3 aromatic heterocycles. The molecule has 0 aliphatic rings. The van der Waals surface area contributed by atoms with Gasteiger partial charge in [-0.25, -0.2) is 9.97 Å². The number of pyridine rings is 1. The predicted molar refractivity (Wildman–Crippen MR) is 129 cm³/mol.